The summed E-state index contributed by atoms with van der Waals surface area (Å²) in [6.45, 7) is 0. The van der Waals surface area contributed by atoms with Crippen LogP contribution in [-0.2, 0) is 9.59 Å². The Labute approximate surface area is 70.6 Å². The highest BCUT2D eigenvalue weighted by Gasteiger charge is 2.55. The lowest BCUT2D eigenvalue weighted by atomic mass is 9.80. The molecule has 2 saturated carbocycles. The van der Waals surface area contributed by atoms with Crippen molar-refractivity contribution in [3.8, 4) is 0 Å². The number of allylic oxidation sites excluding steroid dienone is 2. The molecule has 0 radical (unpaired) electrons. The third-order valence-electron chi connectivity index (χ3n) is 3.64. The number of hydrogen-bond acceptors (Lipinski definition) is 2. The molecule has 4 atom stereocenters. The number of Topliss-reactive ketones (excluding diaryl/α,β-unsaturated/α-hetero) is 1. The minimum absolute atomic E-state index is 0.0521. The predicted molar refractivity (Wildman–Crippen MR) is 42.3 cm³/mol. The number of carbonyl (C=O) groups is 2. The average Bonchev–Trinajstić information content (AvgIpc) is 2.62. The van der Waals surface area contributed by atoms with Gasteiger partial charge in [0.25, 0.3) is 0 Å². The monoisotopic (exact) mass is 162 g/mol. The van der Waals surface area contributed by atoms with Gasteiger partial charge in [0.1, 0.15) is 5.78 Å². The molecule has 2 heteroatoms. The molecule has 2 fully saturated rings. The van der Waals surface area contributed by atoms with E-state index in [1.807, 2.05) is 6.08 Å². The Morgan fingerprint density at radius 2 is 2.17 bits per heavy atom. The second-order valence-electron chi connectivity index (χ2n) is 4.14. The molecule has 0 heterocycles. The average molecular weight is 162 g/mol. The molecule has 0 unspecified atom stereocenters. The van der Waals surface area contributed by atoms with Crippen molar-refractivity contribution in [2.45, 2.75) is 12.8 Å². The van der Waals surface area contributed by atoms with Crippen molar-refractivity contribution in [1.29, 1.82) is 0 Å². The molecule has 0 amide bonds. The molecule has 3 aliphatic rings. The fourth-order valence-corrected chi connectivity index (χ4v) is 3.13. The Morgan fingerprint density at radius 1 is 1.33 bits per heavy atom. The van der Waals surface area contributed by atoms with Crippen LogP contribution in [0.5, 0.6) is 0 Å². The summed E-state index contributed by atoms with van der Waals surface area (Å²) < 4.78 is 0. The summed E-state index contributed by atoms with van der Waals surface area (Å²) in [6.07, 6.45) is 5.39. The van der Waals surface area contributed by atoms with Gasteiger partial charge in [-0.3, -0.25) is 9.59 Å². The van der Waals surface area contributed by atoms with Gasteiger partial charge in [0.2, 0.25) is 0 Å². The highest BCUT2D eigenvalue weighted by molar-refractivity contribution is 6.00. The highest BCUT2D eigenvalue weighted by Crippen LogP contribution is 2.53. The van der Waals surface area contributed by atoms with Crippen molar-refractivity contribution in [3.63, 3.8) is 0 Å². The van der Waals surface area contributed by atoms with Crippen LogP contribution in [0.3, 0.4) is 0 Å². The zero-order valence-corrected chi connectivity index (χ0v) is 6.69. The second kappa shape index (κ2) is 1.87. The normalized spacial score (nSPS) is 49.0. The number of ketones is 2. The lowest BCUT2D eigenvalue weighted by Crippen LogP contribution is -2.28. The van der Waals surface area contributed by atoms with Crippen LogP contribution in [0.4, 0.5) is 0 Å². The van der Waals surface area contributed by atoms with E-state index in [4.69, 9.17) is 0 Å². The first-order valence-electron chi connectivity index (χ1n) is 4.52. The standard InChI is InChI=1S/C10H10O2/c11-8-2-1-6-5-3-7(10(6)8)9(12)4-5/h1-2,5-7,10H,3-4H2/t5-,6-,7+,10-/m0/s1. The van der Waals surface area contributed by atoms with Crippen molar-refractivity contribution < 1.29 is 9.59 Å². The van der Waals surface area contributed by atoms with E-state index in [2.05, 4.69) is 0 Å². The maximum absolute atomic E-state index is 11.4. The van der Waals surface area contributed by atoms with E-state index in [0.29, 0.717) is 17.6 Å². The van der Waals surface area contributed by atoms with Gasteiger partial charge in [-0.1, -0.05) is 6.08 Å². The van der Waals surface area contributed by atoms with Crippen molar-refractivity contribution in [2.75, 3.05) is 0 Å². The van der Waals surface area contributed by atoms with Gasteiger partial charge in [-0.25, -0.2) is 0 Å². The van der Waals surface area contributed by atoms with Crippen LogP contribution in [0, 0.1) is 23.7 Å². The van der Waals surface area contributed by atoms with Crippen LogP contribution in [-0.4, -0.2) is 11.6 Å². The molecule has 0 aromatic rings. The fraction of sp³-hybridized carbons (Fsp3) is 0.600. The zero-order valence-electron chi connectivity index (χ0n) is 6.69. The maximum atomic E-state index is 11.4. The lowest BCUT2D eigenvalue weighted by molar-refractivity contribution is -0.129. The second-order valence-corrected chi connectivity index (χ2v) is 4.14. The summed E-state index contributed by atoms with van der Waals surface area (Å²) in [4.78, 5) is 22.7. The van der Waals surface area contributed by atoms with Gasteiger partial charge in [-0.15, -0.1) is 0 Å². The summed E-state index contributed by atoms with van der Waals surface area (Å²) in [5.74, 6) is 1.58. The van der Waals surface area contributed by atoms with E-state index in [1.165, 1.54) is 0 Å². The number of carbonyl (C=O) groups excluding carboxylic acids is 2. The quantitative estimate of drug-likeness (QED) is 0.531. The molecule has 0 saturated heterocycles. The minimum atomic E-state index is 0.0521. The lowest BCUT2D eigenvalue weighted by Gasteiger charge is -2.21. The summed E-state index contributed by atoms with van der Waals surface area (Å²) in [5.41, 5.74) is 0. The minimum Gasteiger partial charge on any atom is -0.299 e. The molecule has 3 aliphatic carbocycles. The first-order chi connectivity index (χ1) is 5.77. The van der Waals surface area contributed by atoms with Gasteiger partial charge in [0.05, 0.1) is 0 Å². The van der Waals surface area contributed by atoms with Crippen molar-refractivity contribution in [2.24, 2.45) is 23.7 Å². The van der Waals surface area contributed by atoms with E-state index < -0.39 is 0 Å². The highest BCUT2D eigenvalue weighted by atomic mass is 16.1. The predicted octanol–water partition coefficient (Wildman–Crippen LogP) is 0.967. The van der Waals surface area contributed by atoms with Crippen LogP contribution in [0.25, 0.3) is 0 Å². The molecule has 62 valence electrons. The molecule has 3 rings (SSSR count). The van der Waals surface area contributed by atoms with Crippen LogP contribution in [0.15, 0.2) is 12.2 Å². The van der Waals surface area contributed by atoms with Crippen molar-refractivity contribution >= 4 is 11.6 Å². The third kappa shape index (κ3) is 0.576. The smallest absolute Gasteiger partial charge is 0.159 e. The summed E-state index contributed by atoms with van der Waals surface area (Å²) in [6, 6.07) is 0. The molecule has 2 bridgehead atoms. The molecule has 0 aliphatic heterocycles. The van der Waals surface area contributed by atoms with Gasteiger partial charge in [0, 0.05) is 18.3 Å². The Bertz CT molecular complexity index is 303. The Morgan fingerprint density at radius 3 is 3.00 bits per heavy atom. The van der Waals surface area contributed by atoms with Crippen LogP contribution >= 0.6 is 0 Å². The third-order valence-corrected chi connectivity index (χ3v) is 3.64. The molecule has 0 N–H and O–H groups in total. The number of rotatable bonds is 0. The summed E-state index contributed by atoms with van der Waals surface area (Å²) in [5, 5.41) is 0. The van der Waals surface area contributed by atoms with Crippen molar-refractivity contribution in [1.82, 2.24) is 0 Å². The molecular weight excluding hydrogens is 152 g/mol. The fourth-order valence-electron chi connectivity index (χ4n) is 3.13. The first-order valence-corrected chi connectivity index (χ1v) is 4.52. The number of hydrogen-bond donors (Lipinski definition) is 0. The Kier molecular flexibility index (Phi) is 1.03. The molecular formula is C10H10O2. The summed E-state index contributed by atoms with van der Waals surface area (Å²) in [7, 11) is 0. The van der Waals surface area contributed by atoms with E-state index in [-0.39, 0.29) is 17.6 Å². The van der Waals surface area contributed by atoms with E-state index in [9.17, 15) is 9.59 Å². The van der Waals surface area contributed by atoms with Crippen LogP contribution in [0.2, 0.25) is 0 Å². The maximum Gasteiger partial charge on any atom is 0.159 e. The van der Waals surface area contributed by atoms with Crippen LogP contribution in [0.1, 0.15) is 12.8 Å². The van der Waals surface area contributed by atoms with E-state index >= 15 is 0 Å². The van der Waals surface area contributed by atoms with Crippen molar-refractivity contribution in [3.05, 3.63) is 12.2 Å². The molecule has 12 heavy (non-hydrogen) atoms. The SMILES string of the molecule is O=C1C=C[C@H]2[C@@H]3CC(=O)[C@@H](C3)[C@@H]12. The molecule has 0 aromatic carbocycles. The molecule has 0 aromatic heterocycles. The largest absolute Gasteiger partial charge is 0.299 e. The Hall–Kier alpha value is -0.920. The Balaban J connectivity index is 2.04. The molecule has 0 spiro atoms. The first kappa shape index (κ1) is 6.58. The zero-order chi connectivity index (χ0) is 8.29. The van der Waals surface area contributed by atoms with Gasteiger partial charge >= 0.3 is 0 Å². The van der Waals surface area contributed by atoms with Crippen LogP contribution < -0.4 is 0 Å². The van der Waals surface area contributed by atoms with Gasteiger partial charge in [0.15, 0.2) is 5.78 Å². The van der Waals surface area contributed by atoms with Gasteiger partial charge in [-0.05, 0) is 24.3 Å². The molecule has 2 nitrogen and oxygen atoms in total. The number of fused-ring (bicyclic) bond motifs is 5. The van der Waals surface area contributed by atoms with Gasteiger partial charge < -0.3 is 0 Å². The topological polar surface area (TPSA) is 34.1 Å². The van der Waals surface area contributed by atoms with E-state index in [1.54, 1.807) is 6.08 Å². The van der Waals surface area contributed by atoms with Gasteiger partial charge in [-0.2, -0.15) is 0 Å². The summed E-state index contributed by atoms with van der Waals surface area (Å²) >= 11 is 0. The van der Waals surface area contributed by atoms with E-state index in [0.717, 1.165) is 12.8 Å².